The van der Waals surface area contributed by atoms with Gasteiger partial charge < -0.3 is 18.9 Å². The Morgan fingerprint density at radius 1 is 1.24 bits per heavy atom. The van der Waals surface area contributed by atoms with Crippen LogP contribution >= 0.6 is 0 Å². The zero-order valence-electron chi connectivity index (χ0n) is 17.5. The van der Waals surface area contributed by atoms with Gasteiger partial charge >= 0.3 is 6.09 Å². The number of hydrogen-bond acceptors (Lipinski definition) is 8. The molecule has 0 bridgehead atoms. The van der Waals surface area contributed by atoms with E-state index < -0.39 is 23.7 Å². The Hall–Kier alpha value is -2.30. The van der Waals surface area contributed by atoms with Crippen LogP contribution in [0.3, 0.4) is 0 Å². The van der Waals surface area contributed by atoms with Crippen molar-refractivity contribution in [1.82, 2.24) is 19.5 Å². The molecule has 2 fully saturated rings. The lowest BCUT2D eigenvalue weighted by molar-refractivity contribution is -0.196. The fourth-order valence-corrected chi connectivity index (χ4v) is 3.74. The Labute approximate surface area is 168 Å². The molecule has 158 valence electrons. The summed E-state index contributed by atoms with van der Waals surface area (Å²) < 4.78 is 25.5. The Morgan fingerprint density at radius 3 is 2.66 bits per heavy atom. The number of ether oxygens (including phenoxy) is 4. The topological polar surface area (TPSA) is 110 Å². The van der Waals surface area contributed by atoms with Gasteiger partial charge in [-0.2, -0.15) is 0 Å². The summed E-state index contributed by atoms with van der Waals surface area (Å²) in [5, 5.41) is 2.64. The zero-order valence-corrected chi connectivity index (χ0v) is 17.5. The van der Waals surface area contributed by atoms with Gasteiger partial charge in [0.15, 0.2) is 29.0 Å². The molecule has 2 aromatic rings. The third kappa shape index (κ3) is 3.79. The van der Waals surface area contributed by atoms with E-state index in [4.69, 9.17) is 18.9 Å². The van der Waals surface area contributed by atoms with Crippen molar-refractivity contribution >= 4 is 23.1 Å². The molecule has 10 nitrogen and oxygen atoms in total. The van der Waals surface area contributed by atoms with Crippen molar-refractivity contribution < 1.29 is 23.7 Å². The Balaban J connectivity index is 1.64. The van der Waals surface area contributed by atoms with Crippen molar-refractivity contribution in [2.24, 2.45) is 0 Å². The van der Waals surface area contributed by atoms with Gasteiger partial charge in [-0.1, -0.05) is 6.92 Å². The minimum absolute atomic E-state index is 0.0922. The normalized spacial score (nSPS) is 28.5. The average molecular weight is 405 g/mol. The molecule has 2 aliphatic rings. The van der Waals surface area contributed by atoms with E-state index >= 15 is 0 Å². The van der Waals surface area contributed by atoms with Crippen molar-refractivity contribution in [3.8, 4) is 0 Å². The highest BCUT2D eigenvalue weighted by Crippen LogP contribution is 2.44. The first-order valence-corrected chi connectivity index (χ1v) is 9.76. The second-order valence-corrected chi connectivity index (χ2v) is 8.71. The number of anilines is 1. The van der Waals surface area contributed by atoms with E-state index in [9.17, 15) is 4.79 Å². The molecule has 1 N–H and O–H groups in total. The molecule has 2 aromatic heterocycles. The standard InChI is InChI=1S/C19H27N5O5/c1-7-10-12-13(28-19(5,6)27-12)16(26-10)24-9-22-11-14(20-8-21-15(11)24)23-17(25)29-18(2,3)4/h8-10,12-13,16H,7H2,1-6H3,(H,20,21,23,25)/t10-,12?,13+,16-/m1/s1. The number of nitrogens with zero attached hydrogens (tertiary/aromatic N) is 4. The van der Waals surface area contributed by atoms with E-state index in [2.05, 4.69) is 27.2 Å². The third-order valence-corrected chi connectivity index (χ3v) is 4.78. The molecule has 0 aromatic carbocycles. The van der Waals surface area contributed by atoms with E-state index in [1.165, 1.54) is 6.33 Å². The molecule has 2 saturated heterocycles. The fraction of sp³-hybridized carbons (Fsp3) is 0.684. The molecule has 29 heavy (non-hydrogen) atoms. The quantitative estimate of drug-likeness (QED) is 0.830. The van der Waals surface area contributed by atoms with Crippen LogP contribution in [0.15, 0.2) is 12.7 Å². The molecule has 0 saturated carbocycles. The van der Waals surface area contributed by atoms with Crippen molar-refractivity contribution in [2.45, 2.75) is 83.9 Å². The van der Waals surface area contributed by atoms with Gasteiger partial charge in [0, 0.05) is 0 Å². The van der Waals surface area contributed by atoms with Crippen molar-refractivity contribution in [1.29, 1.82) is 0 Å². The van der Waals surface area contributed by atoms with Gasteiger partial charge in [-0.15, -0.1) is 0 Å². The maximum atomic E-state index is 12.1. The number of carbonyl (C=O) groups is 1. The Morgan fingerprint density at radius 2 is 1.97 bits per heavy atom. The van der Waals surface area contributed by atoms with Gasteiger partial charge in [0.2, 0.25) is 0 Å². The van der Waals surface area contributed by atoms with Crippen LogP contribution in [-0.2, 0) is 18.9 Å². The summed E-state index contributed by atoms with van der Waals surface area (Å²) in [4.78, 5) is 25.0. The van der Waals surface area contributed by atoms with E-state index in [-0.39, 0.29) is 24.1 Å². The van der Waals surface area contributed by atoms with Crippen LogP contribution < -0.4 is 5.32 Å². The highest BCUT2D eigenvalue weighted by molar-refractivity contribution is 5.93. The maximum absolute atomic E-state index is 12.1. The van der Waals surface area contributed by atoms with Gasteiger partial charge in [0.05, 0.1) is 12.4 Å². The van der Waals surface area contributed by atoms with E-state index in [0.717, 1.165) is 6.42 Å². The summed E-state index contributed by atoms with van der Waals surface area (Å²) in [6, 6.07) is 0. The molecular weight excluding hydrogens is 378 g/mol. The SMILES string of the molecule is CC[C@H]1O[C@@H](n2cnc3c(NC(=O)OC(C)(C)C)ncnc32)[C@H]2OC(C)(C)OC12. The van der Waals surface area contributed by atoms with Gasteiger partial charge in [-0.3, -0.25) is 9.88 Å². The lowest BCUT2D eigenvalue weighted by Crippen LogP contribution is -2.28. The number of rotatable bonds is 3. The molecule has 0 aliphatic carbocycles. The van der Waals surface area contributed by atoms with Crippen molar-refractivity contribution in [3.05, 3.63) is 12.7 Å². The number of amides is 1. The molecular formula is C19H27N5O5. The number of aromatic nitrogens is 4. The van der Waals surface area contributed by atoms with Crippen molar-refractivity contribution in [2.75, 3.05) is 5.32 Å². The lowest BCUT2D eigenvalue weighted by atomic mass is 10.1. The second-order valence-electron chi connectivity index (χ2n) is 8.71. The summed E-state index contributed by atoms with van der Waals surface area (Å²) in [7, 11) is 0. The minimum atomic E-state index is -0.681. The van der Waals surface area contributed by atoms with Crippen LogP contribution in [0.25, 0.3) is 11.2 Å². The van der Waals surface area contributed by atoms with Crippen LogP contribution in [0, 0.1) is 0 Å². The summed E-state index contributed by atoms with van der Waals surface area (Å²) in [5.74, 6) is -0.409. The highest BCUT2D eigenvalue weighted by atomic mass is 16.8. The average Bonchev–Trinajstić information content (AvgIpc) is 3.24. The predicted molar refractivity (Wildman–Crippen MR) is 103 cm³/mol. The van der Waals surface area contributed by atoms with Gasteiger partial charge in [0.25, 0.3) is 0 Å². The molecule has 1 amide bonds. The molecule has 0 spiro atoms. The predicted octanol–water partition coefficient (Wildman–Crippen LogP) is 3.00. The number of carbonyl (C=O) groups excluding carboxylic acids is 1. The Kier molecular flexibility index (Phi) is 4.75. The van der Waals surface area contributed by atoms with Gasteiger partial charge in [-0.25, -0.2) is 19.7 Å². The highest BCUT2D eigenvalue weighted by Gasteiger charge is 2.55. The molecule has 0 radical (unpaired) electrons. The molecule has 4 atom stereocenters. The van der Waals surface area contributed by atoms with Crippen LogP contribution in [0.5, 0.6) is 0 Å². The van der Waals surface area contributed by atoms with E-state index in [1.807, 2.05) is 13.8 Å². The molecule has 4 rings (SSSR count). The Bertz CT molecular complexity index is 921. The van der Waals surface area contributed by atoms with Crippen LogP contribution in [0.2, 0.25) is 0 Å². The minimum Gasteiger partial charge on any atom is -0.444 e. The molecule has 2 aliphatic heterocycles. The first-order valence-electron chi connectivity index (χ1n) is 9.76. The monoisotopic (exact) mass is 405 g/mol. The third-order valence-electron chi connectivity index (χ3n) is 4.78. The largest absolute Gasteiger partial charge is 0.444 e. The first kappa shape index (κ1) is 20.0. The number of fused-ring (bicyclic) bond motifs is 2. The molecule has 1 unspecified atom stereocenters. The van der Waals surface area contributed by atoms with E-state index in [1.54, 1.807) is 31.7 Å². The first-order chi connectivity index (χ1) is 13.6. The smallest absolute Gasteiger partial charge is 0.413 e. The van der Waals surface area contributed by atoms with Crippen molar-refractivity contribution in [3.63, 3.8) is 0 Å². The van der Waals surface area contributed by atoms with Gasteiger partial charge in [0.1, 0.15) is 24.1 Å². The summed E-state index contributed by atoms with van der Waals surface area (Å²) >= 11 is 0. The number of nitrogens with one attached hydrogen (secondary N) is 1. The zero-order chi connectivity index (χ0) is 21.0. The number of imidazole rings is 1. The summed E-state index contributed by atoms with van der Waals surface area (Å²) in [6.07, 6.45) is 2.18. The van der Waals surface area contributed by atoms with Crippen LogP contribution in [0.1, 0.15) is 54.2 Å². The maximum Gasteiger partial charge on any atom is 0.413 e. The van der Waals surface area contributed by atoms with Crippen LogP contribution in [0.4, 0.5) is 10.6 Å². The summed E-state index contributed by atoms with van der Waals surface area (Å²) in [6.45, 7) is 11.2. The lowest BCUT2D eigenvalue weighted by Gasteiger charge is -2.24. The molecule has 10 heteroatoms. The van der Waals surface area contributed by atoms with E-state index in [0.29, 0.717) is 11.2 Å². The number of hydrogen-bond donors (Lipinski definition) is 1. The fourth-order valence-electron chi connectivity index (χ4n) is 3.74. The van der Waals surface area contributed by atoms with Crippen LogP contribution in [-0.4, -0.2) is 55.3 Å². The molecule has 4 heterocycles. The second kappa shape index (κ2) is 6.89. The summed E-state index contributed by atoms with van der Waals surface area (Å²) in [5.41, 5.74) is 0.348. The van der Waals surface area contributed by atoms with Gasteiger partial charge in [-0.05, 0) is 41.0 Å².